The number of carbonyl (C=O) groups is 3. The lowest BCUT2D eigenvalue weighted by Crippen LogP contribution is -2.39. The average molecular weight is 303 g/mol. The molecule has 3 amide bonds. The normalized spacial score (nSPS) is 18.2. The molecule has 1 N–H and O–H groups in total. The highest BCUT2D eigenvalue weighted by Crippen LogP contribution is 2.19. The van der Waals surface area contributed by atoms with Crippen LogP contribution in [0, 0.1) is 0 Å². The standard InChI is InChI=1S/C16H21N3O3/c1-4-19-14(20)9-13(16(19)22)18(3)10-11-5-7-12(8-6-11)15(21)17-2/h5-8,13H,4,9-10H2,1-3H3,(H,17,21)/t13-/m1/s1. The van der Waals surface area contributed by atoms with E-state index in [4.69, 9.17) is 0 Å². The molecule has 118 valence electrons. The number of carbonyl (C=O) groups excluding carboxylic acids is 3. The van der Waals surface area contributed by atoms with Crippen LogP contribution in [-0.2, 0) is 16.1 Å². The number of likely N-dealkylation sites (N-methyl/N-ethyl adjacent to an activating group) is 2. The van der Waals surface area contributed by atoms with E-state index < -0.39 is 6.04 Å². The van der Waals surface area contributed by atoms with Gasteiger partial charge in [0.25, 0.3) is 5.91 Å². The average Bonchev–Trinajstić information content (AvgIpc) is 2.81. The van der Waals surface area contributed by atoms with Gasteiger partial charge >= 0.3 is 0 Å². The van der Waals surface area contributed by atoms with E-state index in [-0.39, 0.29) is 24.1 Å². The van der Waals surface area contributed by atoms with E-state index in [2.05, 4.69) is 5.32 Å². The van der Waals surface area contributed by atoms with Gasteiger partial charge in [-0.15, -0.1) is 0 Å². The Balaban J connectivity index is 2.03. The topological polar surface area (TPSA) is 69.7 Å². The lowest BCUT2D eigenvalue weighted by molar-refractivity contribution is -0.139. The summed E-state index contributed by atoms with van der Waals surface area (Å²) in [7, 11) is 3.42. The second-order valence-corrected chi connectivity index (χ2v) is 5.39. The molecule has 6 nitrogen and oxygen atoms in total. The third-order valence-electron chi connectivity index (χ3n) is 3.94. The van der Waals surface area contributed by atoms with Gasteiger partial charge in [-0.1, -0.05) is 12.1 Å². The molecule has 1 fully saturated rings. The van der Waals surface area contributed by atoms with E-state index in [1.807, 2.05) is 24.1 Å². The van der Waals surface area contributed by atoms with Gasteiger partial charge in [0, 0.05) is 25.7 Å². The smallest absolute Gasteiger partial charge is 0.251 e. The van der Waals surface area contributed by atoms with Crippen LogP contribution in [-0.4, -0.2) is 54.2 Å². The molecular weight excluding hydrogens is 282 g/mol. The molecule has 0 saturated carbocycles. The lowest BCUT2D eigenvalue weighted by Gasteiger charge is -2.22. The maximum atomic E-state index is 12.2. The maximum Gasteiger partial charge on any atom is 0.251 e. The number of hydrogen-bond donors (Lipinski definition) is 1. The minimum Gasteiger partial charge on any atom is -0.355 e. The molecule has 1 saturated heterocycles. The molecule has 0 radical (unpaired) electrons. The molecule has 1 aromatic carbocycles. The Bertz CT molecular complexity index is 583. The molecule has 2 rings (SSSR count). The molecular formula is C16H21N3O3. The fourth-order valence-electron chi connectivity index (χ4n) is 2.65. The van der Waals surface area contributed by atoms with Gasteiger partial charge in [0.15, 0.2) is 0 Å². The van der Waals surface area contributed by atoms with Crippen molar-refractivity contribution < 1.29 is 14.4 Å². The first-order valence-electron chi connectivity index (χ1n) is 7.33. The zero-order valence-electron chi connectivity index (χ0n) is 13.1. The second kappa shape index (κ2) is 6.70. The van der Waals surface area contributed by atoms with Crippen molar-refractivity contribution in [3.8, 4) is 0 Å². The summed E-state index contributed by atoms with van der Waals surface area (Å²) in [5.41, 5.74) is 1.59. The van der Waals surface area contributed by atoms with Crippen LogP contribution in [0.25, 0.3) is 0 Å². The molecule has 0 aromatic heterocycles. The van der Waals surface area contributed by atoms with E-state index >= 15 is 0 Å². The first kappa shape index (κ1) is 16.2. The second-order valence-electron chi connectivity index (χ2n) is 5.39. The summed E-state index contributed by atoms with van der Waals surface area (Å²) in [6.07, 6.45) is 0.236. The van der Waals surface area contributed by atoms with Gasteiger partial charge in [-0.3, -0.25) is 24.2 Å². The zero-order chi connectivity index (χ0) is 16.3. The largest absolute Gasteiger partial charge is 0.355 e. The van der Waals surface area contributed by atoms with Gasteiger partial charge in [0.2, 0.25) is 11.8 Å². The number of benzene rings is 1. The van der Waals surface area contributed by atoms with Crippen molar-refractivity contribution in [3.05, 3.63) is 35.4 Å². The number of amides is 3. The molecule has 0 bridgehead atoms. The first-order chi connectivity index (χ1) is 10.5. The Labute approximate surface area is 130 Å². The molecule has 22 heavy (non-hydrogen) atoms. The Hall–Kier alpha value is -2.21. The minimum atomic E-state index is -0.397. The summed E-state index contributed by atoms with van der Waals surface area (Å²) in [6.45, 7) is 2.77. The van der Waals surface area contributed by atoms with E-state index in [1.54, 1.807) is 26.1 Å². The molecule has 6 heteroatoms. The number of hydrogen-bond acceptors (Lipinski definition) is 4. The van der Waals surface area contributed by atoms with Crippen LogP contribution in [0.5, 0.6) is 0 Å². The van der Waals surface area contributed by atoms with E-state index in [9.17, 15) is 14.4 Å². The highest BCUT2D eigenvalue weighted by molar-refractivity contribution is 6.05. The number of likely N-dealkylation sites (tertiary alicyclic amines) is 1. The van der Waals surface area contributed by atoms with Crippen molar-refractivity contribution in [1.82, 2.24) is 15.1 Å². The summed E-state index contributed by atoms with van der Waals surface area (Å²) >= 11 is 0. The maximum absolute atomic E-state index is 12.2. The summed E-state index contributed by atoms with van der Waals surface area (Å²) < 4.78 is 0. The van der Waals surface area contributed by atoms with E-state index in [1.165, 1.54) is 4.90 Å². The van der Waals surface area contributed by atoms with Gasteiger partial charge in [0.05, 0.1) is 12.5 Å². The summed E-state index contributed by atoms with van der Waals surface area (Å²) in [6, 6.07) is 6.83. The van der Waals surface area contributed by atoms with Gasteiger partial charge in [-0.25, -0.2) is 0 Å². The number of nitrogens with zero attached hydrogens (tertiary/aromatic N) is 2. The number of nitrogens with one attached hydrogen (secondary N) is 1. The molecule has 1 atom stereocenters. The lowest BCUT2D eigenvalue weighted by atomic mass is 10.1. The van der Waals surface area contributed by atoms with Gasteiger partial charge in [-0.05, 0) is 31.7 Å². The van der Waals surface area contributed by atoms with Crippen molar-refractivity contribution >= 4 is 17.7 Å². The Morgan fingerprint density at radius 1 is 1.32 bits per heavy atom. The summed E-state index contributed by atoms with van der Waals surface area (Å²) in [4.78, 5) is 38.6. The van der Waals surface area contributed by atoms with Crippen molar-refractivity contribution in [2.45, 2.75) is 25.9 Å². The fraction of sp³-hybridized carbons (Fsp3) is 0.438. The number of imide groups is 1. The van der Waals surface area contributed by atoms with Crippen LogP contribution in [0.15, 0.2) is 24.3 Å². The van der Waals surface area contributed by atoms with Crippen molar-refractivity contribution in [3.63, 3.8) is 0 Å². The minimum absolute atomic E-state index is 0.112. The Morgan fingerprint density at radius 3 is 2.45 bits per heavy atom. The zero-order valence-corrected chi connectivity index (χ0v) is 13.1. The Morgan fingerprint density at radius 2 is 1.95 bits per heavy atom. The van der Waals surface area contributed by atoms with Crippen LogP contribution in [0.2, 0.25) is 0 Å². The monoisotopic (exact) mass is 303 g/mol. The van der Waals surface area contributed by atoms with Crippen molar-refractivity contribution in [2.24, 2.45) is 0 Å². The fourth-order valence-corrected chi connectivity index (χ4v) is 2.65. The van der Waals surface area contributed by atoms with Gasteiger partial charge in [0.1, 0.15) is 0 Å². The van der Waals surface area contributed by atoms with Crippen LogP contribution in [0.1, 0.15) is 29.3 Å². The van der Waals surface area contributed by atoms with Crippen LogP contribution in [0.4, 0.5) is 0 Å². The third-order valence-corrected chi connectivity index (χ3v) is 3.94. The SMILES string of the molecule is CCN1C(=O)C[C@@H](N(C)Cc2ccc(C(=O)NC)cc2)C1=O. The predicted molar refractivity (Wildman–Crippen MR) is 82.1 cm³/mol. The van der Waals surface area contributed by atoms with Gasteiger partial charge < -0.3 is 5.32 Å². The third kappa shape index (κ3) is 3.17. The summed E-state index contributed by atoms with van der Waals surface area (Å²) in [5.74, 6) is -0.369. The molecule has 1 aromatic rings. The Kier molecular flexibility index (Phi) is 4.92. The molecule has 0 unspecified atom stereocenters. The molecule has 1 aliphatic heterocycles. The van der Waals surface area contributed by atoms with E-state index in [0.29, 0.717) is 18.7 Å². The molecule has 0 spiro atoms. The van der Waals surface area contributed by atoms with E-state index in [0.717, 1.165) is 5.56 Å². The number of rotatable bonds is 5. The van der Waals surface area contributed by atoms with Gasteiger partial charge in [-0.2, -0.15) is 0 Å². The van der Waals surface area contributed by atoms with Crippen molar-refractivity contribution in [2.75, 3.05) is 20.6 Å². The van der Waals surface area contributed by atoms with Crippen LogP contribution >= 0.6 is 0 Å². The van der Waals surface area contributed by atoms with Crippen LogP contribution < -0.4 is 5.32 Å². The quantitative estimate of drug-likeness (QED) is 0.810. The molecule has 1 heterocycles. The van der Waals surface area contributed by atoms with Crippen LogP contribution in [0.3, 0.4) is 0 Å². The predicted octanol–water partition coefficient (Wildman–Crippen LogP) is 0.625. The summed E-state index contributed by atoms with van der Waals surface area (Å²) in [5, 5.41) is 2.57. The first-order valence-corrected chi connectivity index (χ1v) is 7.33. The molecule has 1 aliphatic rings. The van der Waals surface area contributed by atoms with Crippen molar-refractivity contribution in [1.29, 1.82) is 0 Å². The molecule has 0 aliphatic carbocycles. The highest BCUT2D eigenvalue weighted by atomic mass is 16.2. The highest BCUT2D eigenvalue weighted by Gasteiger charge is 2.39.